The van der Waals surface area contributed by atoms with Crippen LogP contribution in [0.4, 0.5) is 0 Å². The molecule has 1 saturated heterocycles. The van der Waals surface area contributed by atoms with Crippen LogP contribution in [-0.4, -0.2) is 35.0 Å². The predicted molar refractivity (Wildman–Crippen MR) is 112 cm³/mol. The van der Waals surface area contributed by atoms with Gasteiger partial charge in [0.1, 0.15) is 0 Å². The monoisotopic (exact) mass is 372 g/mol. The molecule has 3 aromatic rings. The van der Waals surface area contributed by atoms with Crippen molar-refractivity contribution in [3.63, 3.8) is 0 Å². The number of aliphatic hydroxyl groups excluding tert-OH is 1. The van der Waals surface area contributed by atoms with E-state index in [1.165, 1.54) is 0 Å². The Balaban J connectivity index is 1.77. The number of rotatable bonds is 4. The van der Waals surface area contributed by atoms with Crippen LogP contribution in [0.1, 0.15) is 22.3 Å². The number of nitrogens with zero attached hydrogens (tertiary/aromatic N) is 1. The van der Waals surface area contributed by atoms with Gasteiger partial charge in [0.2, 0.25) is 0 Å². The lowest BCUT2D eigenvalue weighted by Crippen LogP contribution is -2.31. The lowest BCUT2D eigenvalue weighted by atomic mass is 9.92. The minimum absolute atomic E-state index is 0.0250. The molecule has 0 aliphatic carbocycles. The highest BCUT2D eigenvalue weighted by molar-refractivity contribution is 5.98. The Bertz CT molecular complexity index is 968. The molecule has 1 fully saturated rings. The van der Waals surface area contributed by atoms with Crippen LogP contribution in [0.5, 0.6) is 0 Å². The molecule has 0 bridgehead atoms. The Morgan fingerprint density at radius 2 is 1.68 bits per heavy atom. The van der Waals surface area contributed by atoms with Crippen LogP contribution < -0.4 is 5.73 Å². The zero-order valence-electron chi connectivity index (χ0n) is 15.7. The van der Waals surface area contributed by atoms with Crippen LogP contribution in [0.2, 0.25) is 0 Å². The number of amides is 1. The first-order chi connectivity index (χ1) is 13.7. The lowest BCUT2D eigenvalue weighted by Gasteiger charge is -2.18. The standard InChI is InChI=1S/C24H24N2O2/c25-21-12-13-26(15-21)24(28)20-10-11-22(19-8-6-17(16-27)7-9-19)23(14-20)18-4-2-1-3-5-18/h1-11,14,21,27H,12-13,15-16,25H2/t21-/m0/s1. The number of likely N-dealkylation sites (tertiary alicyclic amines) is 1. The first-order valence-electron chi connectivity index (χ1n) is 9.60. The highest BCUT2D eigenvalue weighted by Gasteiger charge is 2.25. The topological polar surface area (TPSA) is 66.6 Å². The minimum atomic E-state index is 0.0250. The molecule has 4 heteroatoms. The average Bonchev–Trinajstić information content (AvgIpc) is 3.20. The van der Waals surface area contributed by atoms with Crippen molar-refractivity contribution < 1.29 is 9.90 Å². The quantitative estimate of drug-likeness (QED) is 0.734. The van der Waals surface area contributed by atoms with Gasteiger partial charge in [0.25, 0.3) is 5.91 Å². The molecule has 0 spiro atoms. The van der Waals surface area contributed by atoms with Gasteiger partial charge in [-0.05, 0) is 46.4 Å². The molecule has 3 N–H and O–H groups in total. The molecule has 0 radical (unpaired) electrons. The number of benzene rings is 3. The maximum absolute atomic E-state index is 12.9. The summed E-state index contributed by atoms with van der Waals surface area (Å²) in [6.07, 6.45) is 0.854. The normalized spacial score (nSPS) is 16.4. The van der Waals surface area contributed by atoms with Crippen LogP contribution in [0, 0.1) is 0 Å². The third kappa shape index (κ3) is 3.70. The Morgan fingerprint density at radius 3 is 2.32 bits per heavy atom. The molecule has 0 aromatic heterocycles. The third-order valence-corrected chi connectivity index (χ3v) is 5.31. The first kappa shape index (κ1) is 18.4. The summed E-state index contributed by atoms with van der Waals surface area (Å²) in [6, 6.07) is 23.9. The molecule has 142 valence electrons. The zero-order chi connectivity index (χ0) is 19.5. The van der Waals surface area contributed by atoms with Crippen LogP contribution >= 0.6 is 0 Å². The van der Waals surface area contributed by atoms with Crippen LogP contribution in [0.15, 0.2) is 72.8 Å². The van der Waals surface area contributed by atoms with Crippen molar-refractivity contribution >= 4 is 5.91 Å². The second kappa shape index (κ2) is 7.97. The number of hydrogen-bond donors (Lipinski definition) is 2. The van der Waals surface area contributed by atoms with Gasteiger partial charge < -0.3 is 15.7 Å². The largest absolute Gasteiger partial charge is 0.392 e. The Kier molecular flexibility index (Phi) is 5.24. The molecule has 0 saturated carbocycles. The van der Waals surface area contributed by atoms with E-state index in [1.807, 2.05) is 65.6 Å². The van der Waals surface area contributed by atoms with Crippen molar-refractivity contribution in [1.29, 1.82) is 0 Å². The Labute approximate surface area is 165 Å². The maximum Gasteiger partial charge on any atom is 0.253 e. The number of nitrogens with two attached hydrogens (primary N) is 1. The van der Waals surface area contributed by atoms with E-state index in [0.29, 0.717) is 18.7 Å². The molecule has 1 aliphatic heterocycles. The summed E-state index contributed by atoms with van der Waals surface area (Å²) in [5.74, 6) is 0.0345. The molecule has 1 atom stereocenters. The second-order valence-electron chi connectivity index (χ2n) is 7.28. The number of carbonyl (C=O) groups excluding carboxylic acids is 1. The van der Waals surface area contributed by atoms with E-state index in [-0.39, 0.29) is 18.6 Å². The van der Waals surface area contributed by atoms with Crippen molar-refractivity contribution in [2.75, 3.05) is 13.1 Å². The summed E-state index contributed by atoms with van der Waals surface area (Å²) in [6.45, 7) is 1.35. The minimum Gasteiger partial charge on any atom is -0.392 e. The Morgan fingerprint density at radius 1 is 0.964 bits per heavy atom. The van der Waals surface area contributed by atoms with Gasteiger partial charge >= 0.3 is 0 Å². The maximum atomic E-state index is 12.9. The molecular weight excluding hydrogens is 348 g/mol. The van der Waals surface area contributed by atoms with E-state index in [1.54, 1.807) is 0 Å². The molecule has 4 nitrogen and oxygen atoms in total. The van der Waals surface area contributed by atoms with Crippen molar-refractivity contribution in [3.05, 3.63) is 83.9 Å². The number of aliphatic hydroxyl groups is 1. The van der Waals surface area contributed by atoms with Gasteiger partial charge in [-0.25, -0.2) is 0 Å². The molecule has 1 heterocycles. The van der Waals surface area contributed by atoms with E-state index >= 15 is 0 Å². The fourth-order valence-corrected chi connectivity index (χ4v) is 3.73. The summed E-state index contributed by atoms with van der Waals surface area (Å²) in [7, 11) is 0. The van der Waals surface area contributed by atoms with Gasteiger partial charge in [-0.15, -0.1) is 0 Å². The highest BCUT2D eigenvalue weighted by atomic mass is 16.3. The van der Waals surface area contributed by atoms with E-state index in [4.69, 9.17) is 5.73 Å². The molecule has 1 amide bonds. The highest BCUT2D eigenvalue weighted by Crippen LogP contribution is 2.33. The summed E-state index contributed by atoms with van der Waals surface area (Å²) >= 11 is 0. The molecule has 28 heavy (non-hydrogen) atoms. The predicted octanol–water partition coefficient (Wildman–Crippen LogP) is 3.69. The number of hydrogen-bond acceptors (Lipinski definition) is 3. The van der Waals surface area contributed by atoms with Crippen molar-refractivity contribution in [1.82, 2.24) is 4.90 Å². The van der Waals surface area contributed by atoms with Crippen molar-refractivity contribution in [2.45, 2.75) is 19.1 Å². The van der Waals surface area contributed by atoms with Gasteiger partial charge in [0, 0.05) is 24.7 Å². The summed E-state index contributed by atoms with van der Waals surface area (Å²) in [5.41, 5.74) is 11.7. The lowest BCUT2D eigenvalue weighted by molar-refractivity contribution is 0.0791. The van der Waals surface area contributed by atoms with Crippen molar-refractivity contribution in [3.8, 4) is 22.3 Å². The molecule has 3 aromatic carbocycles. The molecule has 0 unspecified atom stereocenters. The second-order valence-corrected chi connectivity index (χ2v) is 7.28. The smallest absolute Gasteiger partial charge is 0.253 e. The third-order valence-electron chi connectivity index (χ3n) is 5.31. The average molecular weight is 372 g/mol. The fraction of sp³-hybridized carbons (Fsp3) is 0.208. The van der Waals surface area contributed by atoms with E-state index in [0.717, 1.165) is 34.2 Å². The fourth-order valence-electron chi connectivity index (χ4n) is 3.73. The first-order valence-corrected chi connectivity index (χ1v) is 9.60. The van der Waals surface area contributed by atoms with Gasteiger partial charge in [-0.1, -0.05) is 60.7 Å². The molecular formula is C24H24N2O2. The van der Waals surface area contributed by atoms with Gasteiger partial charge in [0.15, 0.2) is 0 Å². The SMILES string of the molecule is N[C@H]1CCN(C(=O)c2ccc(-c3ccc(CO)cc3)c(-c3ccccc3)c2)C1. The van der Waals surface area contributed by atoms with Gasteiger partial charge in [0.05, 0.1) is 6.61 Å². The summed E-state index contributed by atoms with van der Waals surface area (Å²) in [5, 5.41) is 9.30. The van der Waals surface area contributed by atoms with Crippen molar-refractivity contribution in [2.24, 2.45) is 5.73 Å². The summed E-state index contributed by atoms with van der Waals surface area (Å²) < 4.78 is 0. The van der Waals surface area contributed by atoms with Gasteiger partial charge in [-0.2, -0.15) is 0 Å². The van der Waals surface area contributed by atoms with E-state index in [9.17, 15) is 9.90 Å². The van der Waals surface area contributed by atoms with E-state index < -0.39 is 0 Å². The van der Waals surface area contributed by atoms with Crippen LogP contribution in [-0.2, 0) is 6.61 Å². The van der Waals surface area contributed by atoms with Crippen LogP contribution in [0.25, 0.3) is 22.3 Å². The Hall–Kier alpha value is -2.95. The number of carbonyl (C=O) groups is 1. The summed E-state index contributed by atoms with van der Waals surface area (Å²) in [4.78, 5) is 14.8. The molecule has 4 rings (SSSR count). The molecule has 1 aliphatic rings. The van der Waals surface area contributed by atoms with E-state index in [2.05, 4.69) is 12.1 Å². The van der Waals surface area contributed by atoms with Gasteiger partial charge in [-0.3, -0.25) is 4.79 Å². The van der Waals surface area contributed by atoms with Crippen LogP contribution in [0.3, 0.4) is 0 Å². The zero-order valence-corrected chi connectivity index (χ0v) is 15.7.